The van der Waals surface area contributed by atoms with Crippen LogP contribution in [0, 0.1) is 0 Å². The van der Waals surface area contributed by atoms with Crippen LogP contribution in [0.3, 0.4) is 0 Å². The molecule has 0 aliphatic heterocycles. The summed E-state index contributed by atoms with van der Waals surface area (Å²) in [5.41, 5.74) is 0. The third-order valence-corrected chi connectivity index (χ3v) is 3.55. The molecule has 0 aromatic carbocycles. The van der Waals surface area contributed by atoms with Gasteiger partial charge in [0.2, 0.25) is 0 Å². The number of nitrogens with zero attached hydrogens (tertiary/aromatic N) is 1. The predicted octanol–water partition coefficient (Wildman–Crippen LogP) is 2.81. The van der Waals surface area contributed by atoms with E-state index in [1.807, 2.05) is 0 Å². The molecule has 82 valence electrons. The van der Waals surface area contributed by atoms with Gasteiger partial charge in [-0.15, -0.1) is 0 Å². The van der Waals surface area contributed by atoms with E-state index in [9.17, 15) is 4.21 Å². The molecular weight excluding hydrogens is 214 g/mol. The lowest BCUT2D eigenvalue weighted by atomic mass is 10.3. The first-order valence-corrected chi connectivity index (χ1v) is 7.09. The fourth-order valence-corrected chi connectivity index (χ4v) is 2.46. The minimum Gasteiger partial charge on any atom is -0.260 e. The van der Waals surface area contributed by atoms with Crippen LogP contribution in [-0.2, 0) is 10.8 Å². The molecule has 0 aromatic rings. The van der Waals surface area contributed by atoms with Crippen LogP contribution in [0.5, 0.6) is 0 Å². The van der Waals surface area contributed by atoms with E-state index < -0.39 is 10.8 Å². The van der Waals surface area contributed by atoms with Crippen LogP contribution < -0.4 is 0 Å². The molecule has 4 heteroatoms. The van der Waals surface area contributed by atoms with Crippen molar-refractivity contribution in [2.75, 3.05) is 18.1 Å². The lowest BCUT2D eigenvalue weighted by molar-refractivity contribution is 0.671. The molecule has 0 amide bonds. The molecule has 0 heterocycles. The summed E-state index contributed by atoms with van der Waals surface area (Å²) < 4.78 is 11.4. The number of rotatable bonds is 9. The molecule has 0 fully saturated rings. The van der Waals surface area contributed by atoms with Crippen LogP contribution in [0.4, 0.5) is 0 Å². The molecule has 0 aliphatic rings. The number of hydrogen-bond donors (Lipinski definition) is 0. The zero-order valence-electron chi connectivity index (χ0n) is 8.83. The van der Waals surface area contributed by atoms with Crippen molar-refractivity contribution in [2.24, 2.45) is 4.99 Å². The van der Waals surface area contributed by atoms with Gasteiger partial charge in [-0.2, -0.15) is 0 Å². The van der Waals surface area contributed by atoms with Gasteiger partial charge >= 0.3 is 0 Å². The highest BCUT2D eigenvalue weighted by molar-refractivity contribution is 7.84. The Morgan fingerprint density at radius 1 is 1.21 bits per heavy atom. The standard InChI is InChI=1S/C10H19NOS2/c1-2-3-5-8-14(12)9-6-4-7-11-10-13/h2-9H2,1H3/t14-/m1/s1. The monoisotopic (exact) mass is 233 g/mol. The van der Waals surface area contributed by atoms with Crippen molar-refractivity contribution in [2.45, 2.75) is 39.0 Å². The van der Waals surface area contributed by atoms with Gasteiger partial charge in [0.15, 0.2) is 0 Å². The maximum atomic E-state index is 11.4. The molecule has 0 bridgehead atoms. The second kappa shape index (κ2) is 11.0. The number of hydrogen-bond acceptors (Lipinski definition) is 3. The van der Waals surface area contributed by atoms with Gasteiger partial charge in [-0.3, -0.25) is 4.21 Å². The summed E-state index contributed by atoms with van der Waals surface area (Å²) in [6, 6.07) is 0. The maximum absolute atomic E-state index is 11.4. The number of unbranched alkanes of at least 4 members (excludes halogenated alkanes) is 3. The fourth-order valence-electron chi connectivity index (χ4n) is 1.11. The second-order valence-corrected chi connectivity index (χ2v) is 5.11. The van der Waals surface area contributed by atoms with Gasteiger partial charge < -0.3 is 0 Å². The van der Waals surface area contributed by atoms with Gasteiger partial charge in [-0.1, -0.05) is 19.8 Å². The van der Waals surface area contributed by atoms with Crippen LogP contribution in [-0.4, -0.2) is 27.4 Å². The van der Waals surface area contributed by atoms with E-state index >= 15 is 0 Å². The van der Waals surface area contributed by atoms with Gasteiger partial charge in [-0.25, -0.2) is 4.99 Å². The summed E-state index contributed by atoms with van der Waals surface area (Å²) in [7, 11) is -0.615. The highest BCUT2D eigenvalue weighted by Crippen LogP contribution is 1.99. The Labute approximate surface area is 94.7 Å². The molecule has 0 N–H and O–H groups in total. The summed E-state index contributed by atoms with van der Waals surface area (Å²) in [5, 5.41) is 2.33. The number of aliphatic imine (C=N–C) groups is 1. The van der Waals surface area contributed by atoms with Crippen LogP contribution in [0.1, 0.15) is 39.0 Å². The van der Waals surface area contributed by atoms with Crippen molar-refractivity contribution in [3.05, 3.63) is 0 Å². The van der Waals surface area contributed by atoms with Crippen molar-refractivity contribution in [3.63, 3.8) is 0 Å². The molecule has 0 aliphatic carbocycles. The van der Waals surface area contributed by atoms with Crippen LogP contribution in [0.15, 0.2) is 4.99 Å². The molecule has 0 spiro atoms. The highest BCUT2D eigenvalue weighted by atomic mass is 32.2. The average Bonchev–Trinajstić information content (AvgIpc) is 2.18. The Morgan fingerprint density at radius 3 is 2.43 bits per heavy atom. The minimum atomic E-state index is -0.615. The van der Waals surface area contributed by atoms with E-state index in [0.717, 1.165) is 37.3 Å². The Morgan fingerprint density at radius 2 is 1.86 bits per heavy atom. The summed E-state index contributed by atoms with van der Waals surface area (Å²) in [6.07, 6.45) is 5.45. The quantitative estimate of drug-likeness (QED) is 0.348. The zero-order valence-corrected chi connectivity index (χ0v) is 10.5. The van der Waals surface area contributed by atoms with Gasteiger partial charge in [-0.05, 0) is 31.5 Å². The van der Waals surface area contributed by atoms with Crippen molar-refractivity contribution in [1.82, 2.24) is 0 Å². The van der Waals surface area contributed by atoms with Crippen LogP contribution in [0.25, 0.3) is 0 Å². The normalized spacial score (nSPS) is 12.1. The molecule has 0 radical (unpaired) electrons. The molecular formula is C10H19NOS2. The molecule has 0 unspecified atom stereocenters. The second-order valence-electron chi connectivity index (χ2n) is 3.24. The Hall–Kier alpha value is -0.0500. The van der Waals surface area contributed by atoms with E-state index in [0.29, 0.717) is 0 Å². The Bertz CT molecular complexity index is 200. The largest absolute Gasteiger partial charge is 0.260 e. The molecule has 0 rings (SSSR count). The minimum absolute atomic E-state index is 0.615. The predicted molar refractivity (Wildman–Crippen MR) is 66.5 cm³/mol. The Balaban J connectivity index is 3.22. The van der Waals surface area contributed by atoms with Crippen LogP contribution >= 0.6 is 12.2 Å². The first-order chi connectivity index (χ1) is 6.81. The van der Waals surface area contributed by atoms with Gasteiger partial charge in [0.1, 0.15) is 0 Å². The highest BCUT2D eigenvalue weighted by Gasteiger charge is 1.98. The average molecular weight is 233 g/mol. The van der Waals surface area contributed by atoms with E-state index in [1.165, 1.54) is 12.8 Å². The molecule has 2 nitrogen and oxygen atoms in total. The van der Waals surface area contributed by atoms with Gasteiger partial charge in [0.25, 0.3) is 0 Å². The molecule has 0 aromatic heterocycles. The summed E-state index contributed by atoms with van der Waals surface area (Å²) in [6.45, 7) is 2.89. The molecule has 14 heavy (non-hydrogen) atoms. The third kappa shape index (κ3) is 10.0. The van der Waals surface area contributed by atoms with Crippen molar-refractivity contribution >= 4 is 28.2 Å². The van der Waals surface area contributed by atoms with Crippen LogP contribution in [0.2, 0.25) is 0 Å². The van der Waals surface area contributed by atoms with E-state index in [2.05, 4.69) is 29.3 Å². The topological polar surface area (TPSA) is 29.4 Å². The van der Waals surface area contributed by atoms with Gasteiger partial charge in [0, 0.05) is 28.9 Å². The van der Waals surface area contributed by atoms with Crippen molar-refractivity contribution in [1.29, 1.82) is 0 Å². The first kappa shape index (κ1) is 13.9. The molecule has 0 saturated heterocycles. The number of thiocarbonyl (C=S) groups is 1. The fraction of sp³-hybridized carbons (Fsp3) is 0.900. The van der Waals surface area contributed by atoms with Crippen molar-refractivity contribution in [3.8, 4) is 0 Å². The van der Waals surface area contributed by atoms with Gasteiger partial charge in [0.05, 0.1) is 5.16 Å². The summed E-state index contributed by atoms with van der Waals surface area (Å²) in [4.78, 5) is 3.81. The Kier molecular flexibility index (Phi) is 11.0. The third-order valence-electron chi connectivity index (χ3n) is 1.93. The summed E-state index contributed by atoms with van der Waals surface area (Å²) >= 11 is 4.45. The van der Waals surface area contributed by atoms with E-state index in [4.69, 9.17) is 0 Å². The lowest BCUT2D eigenvalue weighted by Crippen LogP contribution is -2.03. The number of isothiocyanates is 1. The molecule has 1 atom stereocenters. The lowest BCUT2D eigenvalue weighted by Gasteiger charge is -2.00. The van der Waals surface area contributed by atoms with Crippen molar-refractivity contribution < 1.29 is 4.21 Å². The maximum Gasteiger partial charge on any atom is 0.0584 e. The van der Waals surface area contributed by atoms with E-state index in [-0.39, 0.29) is 0 Å². The zero-order chi connectivity index (χ0) is 10.6. The first-order valence-electron chi connectivity index (χ1n) is 5.20. The summed E-state index contributed by atoms with van der Waals surface area (Å²) in [5.74, 6) is 1.68. The smallest absolute Gasteiger partial charge is 0.0584 e. The SMILES string of the molecule is CCCCC[S@@](=O)CCCCN=C=S. The van der Waals surface area contributed by atoms with E-state index in [1.54, 1.807) is 0 Å². The molecule has 0 saturated carbocycles.